The number of hydrogen-bond acceptors (Lipinski definition) is 2. The van der Waals surface area contributed by atoms with Crippen molar-refractivity contribution in [2.45, 2.75) is 5.25 Å². The van der Waals surface area contributed by atoms with Crippen molar-refractivity contribution < 1.29 is 10.2 Å². The van der Waals surface area contributed by atoms with E-state index in [2.05, 4.69) is 0 Å². The average Bonchev–Trinajstić information content (AvgIpc) is 2.43. The van der Waals surface area contributed by atoms with E-state index in [1.807, 2.05) is 0 Å². The lowest BCUT2D eigenvalue weighted by atomic mass is 10.5. The van der Waals surface area contributed by atoms with Crippen LogP contribution in [0.5, 0.6) is 0 Å². The fourth-order valence-electron chi connectivity index (χ4n) is 0.516. The van der Waals surface area contributed by atoms with Crippen LogP contribution in [0.4, 0.5) is 0 Å². The van der Waals surface area contributed by atoms with Gasteiger partial charge in [-0.3, -0.25) is 0 Å². The first-order valence-electron chi connectivity index (χ1n) is 2.26. The number of hydrogen-bond donors (Lipinski definition) is 2. The average molecular weight is 121 g/mol. The van der Waals surface area contributed by atoms with Gasteiger partial charge in [0.25, 0.3) is 0 Å². The molecular formula is C4H9O2S+. The molecule has 1 saturated heterocycles. The van der Waals surface area contributed by atoms with Crippen LogP contribution in [0.3, 0.4) is 0 Å². The SMILES string of the molecule is OCC1C[S+]1CO. The van der Waals surface area contributed by atoms with Gasteiger partial charge < -0.3 is 10.2 Å². The molecule has 1 rings (SSSR count). The molecular weight excluding hydrogens is 112 g/mol. The zero-order valence-corrected chi connectivity index (χ0v) is 4.82. The van der Waals surface area contributed by atoms with E-state index in [1.165, 1.54) is 0 Å². The predicted octanol–water partition coefficient (Wildman–Crippen LogP) is -1.07. The molecule has 2 atom stereocenters. The second-order valence-electron chi connectivity index (χ2n) is 1.64. The van der Waals surface area contributed by atoms with Gasteiger partial charge in [0.2, 0.25) is 5.94 Å². The van der Waals surface area contributed by atoms with E-state index in [1.54, 1.807) is 0 Å². The molecule has 0 aromatic carbocycles. The minimum Gasteiger partial charge on any atom is -0.391 e. The maximum Gasteiger partial charge on any atom is 0.206 e. The van der Waals surface area contributed by atoms with Gasteiger partial charge in [-0.15, -0.1) is 0 Å². The van der Waals surface area contributed by atoms with Crippen molar-refractivity contribution in [3.63, 3.8) is 0 Å². The Balaban J connectivity index is 2.06. The minimum absolute atomic E-state index is 0.195. The Hall–Kier alpha value is 0.270. The van der Waals surface area contributed by atoms with E-state index in [-0.39, 0.29) is 23.4 Å². The molecule has 0 amide bonds. The lowest BCUT2D eigenvalue weighted by Crippen LogP contribution is -1.97. The van der Waals surface area contributed by atoms with E-state index in [9.17, 15) is 0 Å². The third-order valence-corrected chi connectivity index (χ3v) is 3.12. The predicted molar refractivity (Wildman–Crippen MR) is 30.2 cm³/mol. The molecule has 0 bridgehead atoms. The van der Waals surface area contributed by atoms with Crippen molar-refractivity contribution in [3.05, 3.63) is 0 Å². The van der Waals surface area contributed by atoms with Crippen LogP contribution in [0, 0.1) is 0 Å². The van der Waals surface area contributed by atoms with Gasteiger partial charge in [0.1, 0.15) is 0 Å². The van der Waals surface area contributed by atoms with Gasteiger partial charge in [0.15, 0.2) is 11.0 Å². The van der Waals surface area contributed by atoms with E-state index < -0.39 is 0 Å². The second-order valence-corrected chi connectivity index (χ2v) is 3.97. The zero-order chi connectivity index (χ0) is 5.28. The molecule has 1 fully saturated rings. The Morgan fingerprint density at radius 1 is 1.57 bits per heavy atom. The fourth-order valence-corrected chi connectivity index (χ4v) is 1.84. The Bertz CT molecular complexity index is 58.7. The highest BCUT2D eigenvalue weighted by molar-refractivity contribution is 8.04. The molecule has 0 aromatic heterocycles. The molecule has 1 heterocycles. The fraction of sp³-hybridized carbons (Fsp3) is 1.00. The lowest BCUT2D eigenvalue weighted by Gasteiger charge is -1.75. The summed E-state index contributed by atoms with van der Waals surface area (Å²) in [6.45, 7) is 0.268. The molecule has 1 aliphatic rings. The van der Waals surface area contributed by atoms with Gasteiger partial charge in [-0.2, -0.15) is 0 Å². The van der Waals surface area contributed by atoms with Gasteiger partial charge >= 0.3 is 0 Å². The molecule has 2 unspecified atom stereocenters. The summed E-state index contributed by atoms with van der Waals surface area (Å²) >= 11 is 0. The van der Waals surface area contributed by atoms with Crippen molar-refractivity contribution in [2.24, 2.45) is 0 Å². The first-order chi connectivity index (χ1) is 3.38. The van der Waals surface area contributed by atoms with Gasteiger partial charge in [-0.25, -0.2) is 0 Å². The molecule has 2 N–H and O–H groups in total. The summed E-state index contributed by atoms with van der Waals surface area (Å²) in [5.41, 5.74) is 0. The van der Waals surface area contributed by atoms with Crippen molar-refractivity contribution in [2.75, 3.05) is 18.3 Å². The molecule has 7 heavy (non-hydrogen) atoms. The van der Waals surface area contributed by atoms with Gasteiger partial charge in [0.05, 0.1) is 6.61 Å². The van der Waals surface area contributed by atoms with Crippen molar-refractivity contribution in [1.29, 1.82) is 0 Å². The van der Waals surface area contributed by atoms with Crippen LogP contribution in [-0.4, -0.2) is 33.8 Å². The molecule has 3 heteroatoms. The Morgan fingerprint density at radius 3 is 2.43 bits per heavy atom. The highest BCUT2D eigenvalue weighted by Crippen LogP contribution is 2.22. The zero-order valence-electron chi connectivity index (χ0n) is 4.00. The first-order valence-corrected chi connectivity index (χ1v) is 3.89. The summed E-state index contributed by atoms with van der Waals surface area (Å²) in [7, 11) is 0.195. The van der Waals surface area contributed by atoms with Gasteiger partial charge in [-0.1, -0.05) is 0 Å². The molecule has 42 valence electrons. The quantitative estimate of drug-likeness (QED) is 0.361. The van der Waals surface area contributed by atoms with E-state index >= 15 is 0 Å². The lowest BCUT2D eigenvalue weighted by molar-refractivity contribution is 0.306. The Labute approximate surface area is 45.5 Å². The first kappa shape index (κ1) is 5.41. The van der Waals surface area contributed by atoms with Crippen LogP contribution in [0.1, 0.15) is 0 Å². The van der Waals surface area contributed by atoms with Crippen molar-refractivity contribution >= 4 is 10.9 Å². The standard InChI is InChI=1S/C4H9O2S/c5-1-4-2-7(4)3-6/h4-6H,1-3H2/q+1. The van der Waals surface area contributed by atoms with Crippen LogP contribution >= 0.6 is 0 Å². The minimum atomic E-state index is 0.195. The maximum absolute atomic E-state index is 8.41. The summed E-state index contributed by atoms with van der Waals surface area (Å²) < 4.78 is 0. The molecule has 0 aliphatic carbocycles. The van der Waals surface area contributed by atoms with Crippen molar-refractivity contribution in [1.82, 2.24) is 0 Å². The number of aliphatic hydroxyl groups is 2. The van der Waals surface area contributed by atoms with Crippen molar-refractivity contribution in [3.8, 4) is 0 Å². The Morgan fingerprint density at radius 2 is 2.29 bits per heavy atom. The maximum atomic E-state index is 8.41. The summed E-state index contributed by atoms with van der Waals surface area (Å²) in [4.78, 5) is 0. The molecule has 1 aliphatic heterocycles. The summed E-state index contributed by atoms with van der Waals surface area (Å²) in [5, 5.41) is 17.3. The largest absolute Gasteiger partial charge is 0.391 e. The highest BCUT2D eigenvalue weighted by Gasteiger charge is 2.48. The molecule has 0 radical (unpaired) electrons. The van der Waals surface area contributed by atoms with Gasteiger partial charge in [-0.05, 0) is 0 Å². The Kier molecular flexibility index (Phi) is 1.57. The number of rotatable bonds is 2. The van der Waals surface area contributed by atoms with E-state index in [0.29, 0.717) is 5.25 Å². The van der Waals surface area contributed by atoms with Crippen LogP contribution in [0.15, 0.2) is 0 Å². The highest BCUT2D eigenvalue weighted by atomic mass is 32.2. The van der Waals surface area contributed by atoms with E-state index in [0.717, 1.165) is 5.75 Å². The topological polar surface area (TPSA) is 40.5 Å². The van der Waals surface area contributed by atoms with E-state index in [4.69, 9.17) is 10.2 Å². The molecule has 2 nitrogen and oxygen atoms in total. The third kappa shape index (κ3) is 1.08. The summed E-state index contributed by atoms with van der Waals surface area (Å²) in [6.07, 6.45) is 0. The van der Waals surface area contributed by atoms with Crippen LogP contribution in [0.2, 0.25) is 0 Å². The molecule has 0 saturated carbocycles. The van der Waals surface area contributed by atoms with Crippen LogP contribution in [0.25, 0.3) is 0 Å². The second kappa shape index (κ2) is 2.03. The summed E-state index contributed by atoms with van der Waals surface area (Å²) in [5.74, 6) is 1.33. The molecule has 0 spiro atoms. The number of aliphatic hydroxyl groups excluding tert-OH is 2. The monoisotopic (exact) mass is 121 g/mol. The summed E-state index contributed by atoms with van der Waals surface area (Å²) in [6, 6.07) is 0. The third-order valence-electron chi connectivity index (χ3n) is 1.13. The normalized spacial score (nSPS) is 38.6. The smallest absolute Gasteiger partial charge is 0.206 e. The van der Waals surface area contributed by atoms with Crippen LogP contribution < -0.4 is 0 Å². The van der Waals surface area contributed by atoms with Crippen LogP contribution in [-0.2, 0) is 10.9 Å². The van der Waals surface area contributed by atoms with Gasteiger partial charge in [0, 0.05) is 10.9 Å². The molecule has 0 aromatic rings.